The molecule has 0 saturated heterocycles. The fourth-order valence-corrected chi connectivity index (χ4v) is 3.56. The Hall–Kier alpha value is -1.52. The van der Waals surface area contributed by atoms with Crippen LogP contribution in [-0.4, -0.2) is 8.42 Å². The molecule has 1 N–H and O–H groups in total. The third kappa shape index (κ3) is 2.66. The normalized spacial score (nSPS) is 11.2. The standard InChI is InChI=1S/C13H12ClNO2S/c1-10-6-5-9-12(14)13(10)18(16,17)15-11-7-3-2-4-8-11/h2-9,15H,1H3. The van der Waals surface area contributed by atoms with Gasteiger partial charge in [0.25, 0.3) is 10.0 Å². The smallest absolute Gasteiger partial charge is 0.263 e. The molecule has 0 fully saturated rings. The Morgan fingerprint density at radius 1 is 1.00 bits per heavy atom. The molecule has 0 unspecified atom stereocenters. The maximum absolute atomic E-state index is 12.2. The summed E-state index contributed by atoms with van der Waals surface area (Å²) in [6, 6.07) is 13.7. The Morgan fingerprint density at radius 3 is 2.28 bits per heavy atom. The molecule has 0 aliphatic carbocycles. The maximum Gasteiger partial charge on any atom is 0.263 e. The van der Waals surface area contributed by atoms with E-state index in [9.17, 15) is 8.42 Å². The van der Waals surface area contributed by atoms with Crippen LogP contribution in [0.1, 0.15) is 5.56 Å². The lowest BCUT2D eigenvalue weighted by Gasteiger charge is -2.11. The lowest BCUT2D eigenvalue weighted by molar-refractivity contribution is 0.600. The number of hydrogen-bond donors (Lipinski definition) is 1. The quantitative estimate of drug-likeness (QED) is 0.937. The van der Waals surface area contributed by atoms with E-state index in [1.54, 1.807) is 49.4 Å². The summed E-state index contributed by atoms with van der Waals surface area (Å²) >= 11 is 5.96. The number of hydrogen-bond acceptors (Lipinski definition) is 2. The first kappa shape index (κ1) is 12.9. The van der Waals surface area contributed by atoms with Gasteiger partial charge in [0.05, 0.1) is 5.02 Å². The maximum atomic E-state index is 12.2. The number of aryl methyl sites for hydroxylation is 1. The van der Waals surface area contributed by atoms with E-state index in [2.05, 4.69) is 4.72 Å². The predicted octanol–water partition coefficient (Wildman–Crippen LogP) is 3.45. The minimum atomic E-state index is -3.66. The van der Waals surface area contributed by atoms with Crippen LogP contribution >= 0.6 is 11.6 Å². The second kappa shape index (κ2) is 5.00. The van der Waals surface area contributed by atoms with Gasteiger partial charge in [-0.05, 0) is 30.7 Å². The van der Waals surface area contributed by atoms with Crippen molar-refractivity contribution in [2.75, 3.05) is 4.72 Å². The van der Waals surface area contributed by atoms with Gasteiger partial charge >= 0.3 is 0 Å². The van der Waals surface area contributed by atoms with Crippen LogP contribution in [0.2, 0.25) is 5.02 Å². The van der Waals surface area contributed by atoms with Crippen molar-refractivity contribution < 1.29 is 8.42 Å². The Balaban J connectivity index is 2.44. The first-order valence-corrected chi connectivity index (χ1v) is 7.20. The first-order chi connectivity index (χ1) is 8.50. The first-order valence-electron chi connectivity index (χ1n) is 5.34. The van der Waals surface area contributed by atoms with Crippen molar-refractivity contribution in [3.8, 4) is 0 Å². The van der Waals surface area contributed by atoms with Gasteiger partial charge in [0.2, 0.25) is 0 Å². The summed E-state index contributed by atoms with van der Waals surface area (Å²) in [6.07, 6.45) is 0. The number of para-hydroxylation sites is 1. The van der Waals surface area contributed by atoms with Gasteiger partial charge in [-0.2, -0.15) is 0 Å². The molecular formula is C13H12ClNO2S. The second-order valence-electron chi connectivity index (χ2n) is 3.86. The summed E-state index contributed by atoms with van der Waals surface area (Å²) in [6.45, 7) is 1.71. The van der Waals surface area contributed by atoms with Gasteiger partial charge in [0, 0.05) is 5.69 Å². The molecule has 0 atom stereocenters. The van der Waals surface area contributed by atoms with E-state index in [0.717, 1.165) is 0 Å². The average molecular weight is 282 g/mol. The van der Waals surface area contributed by atoms with Crippen molar-refractivity contribution in [2.45, 2.75) is 11.8 Å². The summed E-state index contributed by atoms with van der Waals surface area (Å²) in [7, 11) is -3.66. The molecule has 0 aliphatic heterocycles. The molecule has 0 bridgehead atoms. The molecule has 2 aromatic rings. The van der Waals surface area contributed by atoms with Crippen LogP contribution in [0.5, 0.6) is 0 Å². The highest BCUT2D eigenvalue weighted by Gasteiger charge is 2.20. The van der Waals surface area contributed by atoms with Gasteiger partial charge in [0.1, 0.15) is 4.90 Å². The largest absolute Gasteiger partial charge is 0.280 e. The Kier molecular flexibility index (Phi) is 3.59. The van der Waals surface area contributed by atoms with Crippen molar-refractivity contribution in [1.29, 1.82) is 0 Å². The molecular weight excluding hydrogens is 270 g/mol. The summed E-state index contributed by atoms with van der Waals surface area (Å²) < 4.78 is 27.0. The molecule has 5 heteroatoms. The molecule has 0 radical (unpaired) electrons. The predicted molar refractivity (Wildman–Crippen MR) is 73.4 cm³/mol. The van der Waals surface area contributed by atoms with E-state index >= 15 is 0 Å². The van der Waals surface area contributed by atoms with Gasteiger partial charge in [-0.15, -0.1) is 0 Å². The van der Waals surface area contributed by atoms with Crippen LogP contribution < -0.4 is 4.72 Å². The zero-order chi connectivity index (χ0) is 13.2. The summed E-state index contributed by atoms with van der Waals surface area (Å²) in [5.74, 6) is 0. The third-order valence-electron chi connectivity index (χ3n) is 2.46. The Morgan fingerprint density at radius 2 is 1.67 bits per heavy atom. The van der Waals surface area contributed by atoms with Crippen LogP contribution in [-0.2, 0) is 10.0 Å². The van der Waals surface area contributed by atoms with Crippen LogP contribution in [0, 0.1) is 6.92 Å². The van der Waals surface area contributed by atoms with E-state index in [0.29, 0.717) is 11.3 Å². The van der Waals surface area contributed by atoms with Crippen molar-refractivity contribution in [1.82, 2.24) is 0 Å². The fraction of sp³-hybridized carbons (Fsp3) is 0.0769. The lowest BCUT2D eigenvalue weighted by Crippen LogP contribution is -2.14. The summed E-state index contributed by atoms with van der Waals surface area (Å²) in [5, 5.41) is 0.221. The molecule has 0 amide bonds. The van der Waals surface area contributed by atoms with E-state index in [-0.39, 0.29) is 9.92 Å². The minimum Gasteiger partial charge on any atom is -0.280 e. The number of anilines is 1. The highest BCUT2D eigenvalue weighted by molar-refractivity contribution is 7.92. The Labute approximate surface area is 111 Å². The van der Waals surface area contributed by atoms with Crippen molar-refractivity contribution in [2.24, 2.45) is 0 Å². The summed E-state index contributed by atoms with van der Waals surface area (Å²) in [4.78, 5) is 0.121. The monoisotopic (exact) mass is 281 g/mol. The molecule has 0 heterocycles. The molecule has 0 spiro atoms. The van der Waals surface area contributed by atoms with E-state index in [4.69, 9.17) is 11.6 Å². The molecule has 0 aliphatic rings. The summed E-state index contributed by atoms with van der Waals surface area (Å²) in [5.41, 5.74) is 1.13. The molecule has 2 aromatic carbocycles. The number of benzene rings is 2. The van der Waals surface area contributed by atoms with Gasteiger partial charge in [-0.1, -0.05) is 41.9 Å². The number of sulfonamides is 1. The van der Waals surface area contributed by atoms with Crippen LogP contribution in [0.15, 0.2) is 53.4 Å². The van der Waals surface area contributed by atoms with Gasteiger partial charge in [-0.3, -0.25) is 4.72 Å². The molecule has 18 heavy (non-hydrogen) atoms. The molecule has 2 rings (SSSR count). The molecule has 94 valence electrons. The van der Waals surface area contributed by atoms with Gasteiger partial charge in [-0.25, -0.2) is 8.42 Å². The van der Waals surface area contributed by atoms with Gasteiger partial charge in [0.15, 0.2) is 0 Å². The number of nitrogens with one attached hydrogen (secondary N) is 1. The average Bonchev–Trinajstić information content (AvgIpc) is 2.28. The third-order valence-corrected chi connectivity index (χ3v) is 4.47. The van der Waals surface area contributed by atoms with Crippen molar-refractivity contribution in [3.05, 3.63) is 59.1 Å². The second-order valence-corrected chi connectivity index (χ2v) is 5.88. The fourth-order valence-electron chi connectivity index (χ4n) is 1.67. The number of halogens is 1. The van der Waals surface area contributed by atoms with Crippen LogP contribution in [0.3, 0.4) is 0 Å². The highest BCUT2D eigenvalue weighted by atomic mass is 35.5. The zero-order valence-corrected chi connectivity index (χ0v) is 11.3. The van der Waals surface area contributed by atoms with Crippen LogP contribution in [0.4, 0.5) is 5.69 Å². The Bertz CT molecular complexity index is 634. The zero-order valence-electron chi connectivity index (χ0n) is 9.72. The topological polar surface area (TPSA) is 46.2 Å². The number of rotatable bonds is 3. The van der Waals surface area contributed by atoms with E-state index in [1.807, 2.05) is 6.07 Å². The highest BCUT2D eigenvalue weighted by Crippen LogP contribution is 2.26. The molecule has 3 nitrogen and oxygen atoms in total. The van der Waals surface area contributed by atoms with E-state index < -0.39 is 10.0 Å². The van der Waals surface area contributed by atoms with Gasteiger partial charge < -0.3 is 0 Å². The molecule has 0 saturated carbocycles. The van der Waals surface area contributed by atoms with E-state index in [1.165, 1.54) is 0 Å². The molecule has 0 aromatic heterocycles. The van der Waals surface area contributed by atoms with Crippen molar-refractivity contribution in [3.63, 3.8) is 0 Å². The minimum absolute atomic E-state index is 0.121. The SMILES string of the molecule is Cc1cccc(Cl)c1S(=O)(=O)Nc1ccccc1. The lowest BCUT2D eigenvalue weighted by atomic mass is 10.2. The van der Waals surface area contributed by atoms with Crippen LogP contribution in [0.25, 0.3) is 0 Å². The van der Waals surface area contributed by atoms with Crippen molar-refractivity contribution >= 4 is 27.3 Å².